The number of rotatable bonds is 5. The van der Waals surface area contributed by atoms with Gasteiger partial charge in [-0.25, -0.2) is 4.98 Å². The molecule has 0 saturated carbocycles. The van der Waals surface area contributed by atoms with Gasteiger partial charge in [0.1, 0.15) is 5.82 Å². The lowest BCUT2D eigenvalue weighted by Gasteiger charge is -2.14. The lowest BCUT2D eigenvalue weighted by atomic mass is 10.1. The highest BCUT2D eigenvalue weighted by Crippen LogP contribution is 2.17. The highest BCUT2D eigenvalue weighted by molar-refractivity contribution is 5.97. The lowest BCUT2D eigenvalue weighted by Crippen LogP contribution is -2.25. The van der Waals surface area contributed by atoms with E-state index in [1.54, 1.807) is 22.8 Å². The topological polar surface area (TPSA) is 67.2 Å². The molecule has 0 atom stereocenters. The highest BCUT2D eigenvalue weighted by Gasteiger charge is 2.17. The van der Waals surface area contributed by atoms with Crippen molar-refractivity contribution in [2.24, 2.45) is 0 Å². The number of hydrogen-bond acceptors (Lipinski definition) is 4. The molecule has 6 heteroatoms. The van der Waals surface area contributed by atoms with E-state index in [2.05, 4.69) is 21.3 Å². The van der Waals surface area contributed by atoms with E-state index >= 15 is 0 Å². The standard InChI is InChI=1S/C22H24N4O2/c1-25(2)14-17-7-4-3-6-16(17)13-23-21(27)15-9-10-18-19(12-15)24-20-8-5-11-26(20)22(18)28/h3-4,6-7,9-10,12H,5,8,11,13-14H2,1-2H3,(H,23,27). The Morgan fingerprint density at radius 1 is 1.18 bits per heavy atom. The van der Waals surface area contributed by atoms with Crippen LogP contribution in [0.5, 0.6) is 0 Å². The Balaban J connectivity index is 1.55. The Kier molecular flexibility index (Phi) is 4.96. The number of fused-ring (bicyclic) bond motifs is 2. The van der Waals surface area contributed by atoms with Crippen LogP contribution in [0.4, 0.5) is 0 Å². The van der Waals surface area contributed by atoms with Crippen LogP contribution in [-0.4, -0.2) is 34.5 Å². The van der Waals surface area contributed by atoms with Crippen LogP contribution in [0.1, 0.15) is 33.7 Å². The zero-order valence-electron chi connectivity index (χ0n) is 16.2. The summed E-state index contributed by atoms with van der Waals surface area (Å²) < 4.78 is 1.74. The molecule has 144 valence electrons. The predicted molar refractivity (Wildman–Crippen MR) is 109 cm³/mol. The summed E-state index contributed by atoms with van der Waals surface area (Å²) in [5, 5.41) is 3.56. The maximum atomic E-state index is 12.7. The minimum Gasteiger partial charge on any atom is -0.348 e. The molecule has 1 amide bonds. The van der Waals surface area contributed by atoms with Gasteiger partial charge in [-0.3, -0.25) is 14.2 Å². The maximum absolute atomic E-state index is 12.7. The number of benzene rings is 2. The van der Waals surface area contributed by atoms with Gasteiger partial charge in [-0.15, -0.1) is 0 Å². The van der Waals surface area contributed by atoms with Crippen molar-refractivity contribution < 1.29 is 4.79 Å². The molecule has 2 aromatic carbocycles. The SMILES string of the molecule is CN(C)Cc1ccccc1CNC(=O)c1ccc2c(=O)n3c(nc2c1)CCC3. The maximum Gasteiger partial charge on any atom is 0.261 e. The molecule has 0 aliphatic carbocycles. The van der Waals surface area contributed by atoms with Crippen molar-refractivity contribution in [3.8, 4) is 0 Å². The second-order valence-electron chi connectivity index (χ2n) is 7.51. The molecule has 4 rings (SSSR count). The third kappa shape index (κ3) is 3.55. The van der Waals surface area contributed by atoms with Crippen molar-refractivity contribution in [1.29, 1.82) is 0 Å². The molecule has 3 aromatic rings. The molecule has 0 radical (unpaired) electrons. The first-order valence-electron chi connectivity index (χ1n) is 9.56. The number of aryl methyl sites for hydroxylation is 1. The molecule has 0 saturated heterocycles. The van der Waals surface area contributed by atoms with Gasteiger partial charge in [-0.2, -0.15) is 0 Å². The molecular weight excluding hydrogens is 352 g/mol. The van der Waals surface area contributed by atoms with E-state index in [0.29, 0.717) is 23.0 Å². The van der Waals surface area contributed by atoms with Crippen LogP contribution >= 0.6 is 0 Å². The first-order chi connectivity index (χ1) is 13.5. The number of nitrogens with zero attached hydrogens (tertiary/aromatic N) is 3. The van der Waals surface area contributed by atoms with E-state index in [9.17, 15) is 9.59 Å². The number of amides is 1. The number of aromatic nitrogens is 2. The first kappa shape index (κ1) is 18.4. The number of carbonyl (C=O) groups is 1. The molecule has 28 heavy (non-hydrogen) atoms. The summed E-state index contributed by atoms with van der Waals surface area (Å²) >= 11 is 0. The number of carbonyl (C=O) groups excluding carboxylic acids is 1. The van der Waals surface area contributed by atoms with Gasteiger partial charge >= 0.3 is 0 Å². The Hall–Kier alpha value is -2.99. The third-order valence-electron chi connectivity index (χ3n) is 5.12. The van der Waals surface area contributed by atoms with Gasteiger partial charge < -0.3 is 10.2 Å². The quantitative estimate of drug-likeness (QED) is 0.742. The minimum absolute atomic E-state index is 0.0120. The second kappa shape index (κ2) is 7.56. The van der Waals surface area contributed by atoms with E-state index in [-0.39, 0.29) is 11.5 Å². The Bertz CT molecular complexity index is 1100. The van der Waals surface area contributed by atoms with Crippen LogP contribution < -0.4 is 10.9 Å². The molecule has 1 aliphatic rings. The highest BCUT2D eigenvalue weighted by atomic mass is 16.1. The van der Waals surface area contributed by atoms with Gasteiger partial charge in [0.25, 0.3) is 11.5 Å². The minimum atomic E-state index is -0.163. The van der Waals surface area contributed by atoms with Gasteiger partial charge in [-0.1, -0.05) is 24.3 Å². The largest absolute Gasteiger partial charge is 0.348 e. The fourth-order valence-corrected chi connectivity index (χ4v) is 3.73. The van der Waals surface area contributed by atoms with Crippen molar-refractivity contribution in [2.45, 2.75) is 32.5 Å². The summed E-state index contributed by atoms with van der Waals surface area (Å²) in [5.74, 6) is 0.650. The fraction of sp³-hybridized carbons (Fsp3) is 0.318. The number of hydrogen-bond donors (Lipinski definition) is 1. The molecule has 1 N–H and O–H groups in total. The molecule has 2 heterocycles. The summed E-state index contributed by atoms with van der Waals surface area (Å²) in [5.41, 5.74) is 3.39. The Morgan fingerprint density at radius 2 is 1.96 bits per heavy atom. The molecular formula is C22H24N4O2. The molecule has 0 spiro atoms. The van der Waals surface area contributed by atoms with E-state index < -0.39 is 0 Å². The average molecular weight is 376 g/mol. The molecule has 1 aliphatic heterocycles. The zero-order chi connectivity index (χ0) is 19.7. The van der Waals surface area contributed by atoms with Gasteiger partial charge in [-0.05, 0) is 49.8 Å². The third-order valence-corrected chi connectivity index (χ3v) is 5.12. The Morgan fingerprint density at radius 3 is 2.75 bits per heavy atom. The van der Waals surface area contributed by atoms with Crippen LogP contribution in [0.25, 0.3) is 10.9 Å². The summed E-state index contributed by atoms with van der Waals surface area (Å²) in [6, 6.07) is 13.2. The molecule has 0 bridgehead atoms. The average Bonchev–Trinajstić information content (AvgIpc) is 3.15. The molecule has 0 fully saturated rings. The normalized spacial score (nSPS) is 13.1. The van der Waals surface area contributed by atoms with Crippen LogP contribution in [0.2, 0.25) is 0 Å². The summed E-state index contributed by atoms with van der Waals surface area (Å²) in [6.07, 6.45) is 1.75. The fourth-order valence-electron chi connectivity index (χ4n) is 3.73. The zero-order valence-corrected chi connectivity index (χ0v) is 16.2. The molecule has 6 nitrogen and oxygen atoms in total. The first-order valence-corrected chi connectivity index (χ1v) is 9.56. The van der Waals surface area contributed by atoms with Crippen molar-refractivity contribution >= 4 is 16.8 Å². The van der Waals surface area contributed by atoms with E-state index in [1.807, 2.05) is 32.3 Å². The van der Waals surface area contributed by atoms with Gasteiger partial charge in [0.05, 0.1) is 10.9 Å². The van der Waals surface area contributed by atoms with Crippen molar-refractivity contribution in [2.75, 3.05) is 14.1 Å². The van der Waals surface area contributed by atoms with Gasteiger partial charge in [0, 0.05) is 31.6 Å². The monoisotopic (exact) mass is 376 g/mol. The lowest BCUT2D eigenvalue weighted by molar-refractivity contribution is 0.0951. The van der Waals surface area contributed by atoms with Crippen LogP contribution in [0.15, 0.2) is 47.3 Å². The molecule has 1 aromatic heterocycles. The smallest absolute Gasteiger partial charge is 0.261 e. The summed E-state index contributed by atoms with van der Waals surface area (Å²) in [6.45, 7) is 2.01. The van der Waals surface area contributed by atoms with Crippen LogP contribution in [0, 0.1) is 0 Å². The predicted octanol–water partition coefficient (Wildman–Crippen LogP) is 2.33. The molecule has 0 unspecified atom stereocenters. The van der Waals surface area contributed by atoms with Gasteiger partial charge in [0.15, 0.2) is 0 Å². The number of nitrogens with one attached hydrogen (secondary N) is 1. The van der Waals surface area contributed by atoms with Crippen molar-refractivity contribution in [3.05, 3.63) is 75.3 Å². The van der Waals surface area contributed by atoms with E-state index in [1.165, 1.54) is 5.56 Å². The summed E-state index contributed by atoms with van der Waals surface area (Å²) in [7, 11) is 4.05. The second-order valence-corrected chi connectivity index (χ2v) is 7.51. The summed E-state index contributed by atoms with van der Waals surface area (Å²) in [4.78, 5) is 31.9. The van der Waals surface area contributed by atoms with E-state index in [4.69, 9.17) is 0 Å². The Labute approximate surface area is 163 Å². The van der Waals surface area contributed by atoms with Crippen molar-refractivity contribution in [3.63, 3.8) is 0 Å². The van der Waals surface area contributed by atoms with Crippen LogP contribution in [0.3, 0.4) is 0 Å². The van der Waals surface area contributed by atoms with Crippen LogP contribution in [-0.2, 0) is 26.1 Å². The van der Waals surface area contributed by atoms with Crippen molar-refractivity contribution in [1.82, 2.24) is 19.8 Å². The van der Waals surface area contributed by atoms with Gasteiger partial charge in [0.2, 0.25) is 0 Å². The van der Waals surface area contributed by atoms with E-state index in [0.717, 1.165) is 37.3 Å².